The van der Waals surface area contributed by atoms with Crippen molar-refractivity contribution >= 4 is 64.6 Å². The average Bonchev–Trinajstić information content (AvgIpc) is 3.64. The maximum atomic E-state index is 2.26. The average molecular weight is 1070 g/mol. The zero-order chi connectivity index (χ0) is 56.9. The summed E-state index contributed by atoms with van der Waals surface area (Å²) in [4.78, 5) is 0. The molecule has 0 heterocycles. The van der Waals surface area contributed by atoms with Gasteiger partial charge in [0.1, 0.15) is 0 Å². The predicted molar refractivity (Wildman–Crippen MR) is 363 cm³/mol. The summed E-state index contributed by atoms with van der Waals surface area (Å²) < 4.78 is 0. The van der Waals surface area contributed by atoms with E-state index in [0.29, 0.717) is 0 Å². The van der Waals surface area contributed by atoms with Gasteiger partial charge in [-0.25, -0.2) is 0 Å². The van der Waals surface area contributed by atoms with Gasteiger partial charge in [0.15, 0.2) is 0 Å². The number of hydrogen-bond acceptors (Lipinski definition) is 0. The first-order valence-electron chi connectivity index (χ1n) is 28.8. The first-order valence-corrected chi connectivity index (χ1v) is 28.8. The van der Waals surface area contributed by atoms with Crippen molar-refractivity contribution in [2.75, 3.05) is 0 Å². The Morgan fingerprint density at radius 1 is 0.157 bits per heavy atom. The fraction of sp³-hybridized carbons (Fsp3) is 0.0602. The van der Waals surface area contributed by atoms with Gasteiger partial charge in [-0.1, -0.05) is 321 Å². The highest BCUT2D eigenvalue weighted by atomic mass is 14.1. The molecule has 0 bridgehead atoms. The summed E-state index contributed by atoms with van der Waals surface area (Å²) in [5.41, 5.74) is 16.9. The lowest BCUT2D eigenvalue weighted by atomic mass is 9.96. The maximum absolute atomic E-state index is 2.26. The molecule has 0 spiro atoms. The summed E-state index contributed by atoms with van der Waals surface area (Å²) in [6, 6.07) is 114. The van der Waals surface area contributed by atoms with E-state index in [1.807, 2.05) is 6.07 Å². The van der Waals surface area contributed by atoms with Crippen LogP contribution in [0.2, 0.25) is 0 Å². The summed E-state index contributed by atoms with van der Waals surface area (Å²) in [6.07, 6.45) is 0. The molecule has 400 valence electrons. The van der Waals surface area contributed by atoms with Crippen LogP contribution in [-0.4, -0.2) is 0 Å². The molecule has 0 amide bonds. The molecule has 0 aliphatic rings. The molecule has 0 nitrogen and oxygen atoms in total. The van der Waals surface area contributed by atoms with Crippen LogP contribution in [-0.2, 0) is 0 Å². The molecule has 0 saturated heterocycles. The predicted octanol–water partition coefficient (Wildman–Crippen LogP) is 23.6. The van der Waals surface area contributed by atoms with Crippen LogP contribution in [0.25, 0.3) is 109 Å². The molecule has 15 rings (SSSR count). The summed E-state index contributed by atoms with van der Waals surface area (Å²) in [6.45, 7) is 10.7. The minimum Gasteiger partial charge on any atom is -0.0622 e. The molecule has 15 aromatic carbocycles. The van der Waals surface area contributed by atoms with Gasteiger partial charge in [0.05, 0.1) is 0 Å². The zero-order valence-electron chi connectivity index (χ0n) is 48.1. The summed E-state index contributed by atoms with van der Waals surface area (Å²) in [5, 5.41) is 15.9. The molecule has 0 radical (unpaired) electrons. The Morgan fingerprint density at radius 3 is 1.16 bits per heavy atom. The van der Waals surface area contributed by atoms with Crippen LogP contribution >= 0.6 is 0 Å². The van der Waals surface area contributed by atoms with Gasteiger partial charge in [0.25, 0.3) is 0 Å². The molecular formula is C83H68. The van der Waals surface area contributed by atoms with E-state index < -0.39 is 0 Å². The molecule has 0 unspecified atom stereocenters. The lowest BCUT2D eigenvalue weighted by Gasteiger charge is -2.09. The van der Waals surface area contributed by atoms with Gasteiger partial charge in [-0.2, -0.15) is 0 Å². The van der Waals surface area contributed by atoms with E-state index in [2.05, 4.69) is 350 Å². The van der Waals surface area contributed by atoms with Crippen LogP contribution in [0.5, 0.6) is 0 Å². The molecule has 0 saturated carbocycles. The van der Waals surface area contributed by atoms with Crippen molar-refractivity contribution in [2.24, 2.45) is 0 Å². The molecule has 15 aromatic rings. The van der Waals surface area contributed by atoms with E-state index in [4.69, 9.17) is 0 Å². The molecular weight excluding hydrogens is 997 g/mol. The Morgan fingerprint density at radius 2 is 0.530 bits per heavy atom. The monoisotopic (exact) mass is 1060 g/mol. The first kappa shape index (κ1) is 54.8. The van der Waals surface area contributed by atoms with Gasteiger partial charge < -0.3 is 0 Å². The van der Waals surface area contributed by atoms with Crippen molar-refractivity contribution in [1.82, 2.24) is 0 Å². The third-order valence-corrected chi connectivity index (χ3v) is 15.7. The highest BCUT2D eigenvalue weighted by Gasteiger charge is 2.07. The Labute approximate surface area is 490 Å². The SMILES string of the molecule is Cc1cc2ccccc2c2ccccc12.Cc1ccc(-c2ccc3ccccc3c2)cc1.Cc1ccc(-c2ccccc2)c2ccccc12.Cc1ccc2cc(-c3ccccc3)ccc2c1.Cc1cccc2c(-c3ccccc3)cccc12. The fourth-order valence-electron chi connectivity index (χ4n) is 11.2. The van der Waals surface area contributed by atoms with Crippen LogP contribution in [0, 0.1) is 34.6 Å². The van der Waals surface area contributed by atoms with E-state index in [9.17, 15) is 0 Å². The maximum Gasteiger partial charge on any atom is -0.0103 e. The second-order valence-corrected chi connectivity index (χ2v) is 21.5. The van der Waals surface area contributed by atoms with Crippen molar-refractivity contribution in [3.63, 3.8) is 0 Å². The van der Waals surface area contributed by atoms with E-state index >= 15 is 0 Å². The number of rotatable bonds is 4. The number of fused-ring (bicyclic) bond motifs is 7. The molecule has 0 aliphatic heterocycles. The normalized spacial score (nSPS) is 10.7. The largest absolute Gasteiger partial charge is 0.0622 e. The third kappa shape index (κ3) is 13.1. The number of benzene rings is 15. The Balaban J connectivity index is 0.000000109. The van der Waals surface area contributed by atoms with Crippen LogP contribution in [0.4, 0.5) is 0 Å². The number of aryl methyl sites for hydroxylation is 5. The van der Waals surface area contributed by atoms with Crippen LogP contribution in [0.3, 0.4) is 0 Å². The van der Waals surface area contributed by atoms with Crippen molar-refractivity contribution < 1.29 is 0 Å². The molecule has 0 heteroatoms. The van der Waals surface area contributed by atoms with Gasteiger partial charge in [-0.3, -0.25) is 0 Å². The number of hydrogen-bond donors (Lipinski definition) is 0. The fourth-order valence-corrected chi connectivity index (χ4v) is 11.2. The van der Waals surface area contributed by atoms with Crippen molar-refractivity contribution in [2.45, 2.75) is 34.6 Å². The third-order valence-electron chi connectivity index (χ3n) is 15.7. The molecule has 0 fully saturated rings. The van der Waals surface area contributed by atoms with Gasteiger partial charge >= 0.3 is 0 Å². The van der Waals surface area contributed by atoms with E-state index in [1.165, 1.54) is 137 Å². The summed E-state index contributed by atoms with van der Waals surface area (Å²) >= 11 is 0. The zero-order valence-corrected chi connectivity index (χ0v) is 48.1. The van der Waals surface area contributed by atoms with Crippen LogP contribution < -0.4 is 0 Å². The highest BCUT2D eigenvalue weighted by Crippen LogP contribution is 2.33. The minimum absolute atomic E-state index is 1.27. The van der Waals surface area contributed by atoms with Gasteiger partial charge in [-0.15, -0.1) is 0 Å². The molecule has 0 N–H and O–H groups in total. The van der Waals surface area contributed by atoms with E-state index in [1.54, 1.807) is 0 Å². The Bertz CT molecular complexity index is 4560. The first-order chi connectivity index (χ1) is 40.7. The van der Waals surface area contributed by atoms with Crippen LogP contribution in [0.15, 0.2) is 322 Å². The van der Waals surface area contributed by atoms with Crippen LogP contribution in [0.1, 0.15) is 27.8 Å². The lowest BCUT2D eigenvalue weighted by Crippen LogP contribution is -1.83. The van der Waals surface area contributed by atoms with Crippen molar-refractivity contribution in [3.05, 3.63) is 349 Å². The van der Waals surface area contributed by atoms with Gasteiger partial charge in [-0.05, 0) is 173 Å². The van der Waals surface area contributed by atoms with Crippen molar-refractivity contribution in [1.29, 1.82) is 0 Å². The van der Waals surface area contributed by atoms with E-state index in [-0.39, 0.29) is 0 Å². The van der Waals surface area contributed by atoms with Crippen molar-refractivity contribution in [3.8, 4) is 44.5 Å². The van der Waals surface area contributed by atoms with Gasteiger partial charge in [0, 0.05) is 0 Å². The highest BCUT2D eigenvalue weighted by molar-refractivity contribution is 6.09. The topological polar surface area (TPSA) is 0 Å². The quantitative estimate of drug-likeness (QED) is 0.154. The molecule has 0 aromatic heterocycles. The molecule has 0 aliphatic carbocycles. The summed E-state index contributed by atoms with van der Waals surface area (Å²) in [5.74, 6) is 0. The van der Waals surface area contributed by atoms with E-state index in [0.717, 1.165) is 0 Å². The van der Waals surface area contributed by atoms with Gasteiger partial charge in [0.2, 0.25) is 0 Å². The smallest absolute Gasteiger partial charge is 0.0103 e. The standard InChI is InChI=1S/4C17H14.C15H12/c1-13-7-5-12-17-15(13)10-6-11-16(17)14-8-3-2-4-9-14;1-13-11-12-16(14-7-3-2-4-8-14)17-10-6-5-9-15(13)17;1-13-6-8-15(9-7-13)17-11-10-14-4-2-3-5-16(14)12-17;1-13-7-8-17-12-16(10-9-15(17)11-13)14-5-3-2-4-6-14;1-11-10-12-6-2-3-8-14(12)15-9-5-4-7-13(11)15/h4*2-12H,1H3;2-10H,1H3. The Hall–Kier alpha value is -10.1. The Kier molecular flexibility index (Phi) is 17.1. The second kappa shape index (κ2) is 26.0. The molecule has 0 atom stereocenters. The lowest BCUT2D eigenvalue weighted by molar-refractivity contribution is 1.47. The second-order valence-electron chi connectivity index (χ2n) is 21.5. The molecule has 83 heavy (non-hydrogen) atoms. The minimum atomic E-state index is 1.27. The summed E-state index contributed by atoms with van der Waals surface area (Å²) in [7, 11) is 0.